The third kappa shape index (κ3) is 3.61. The average Bonchev–Trinajstić information content (AvgIpc) is 3.41. The summed E-state index contributed by atoms with van der Waals surface area (Å²) in [6, 6.07) is 0. The van der Waals surface area contributed by atoms with Crippen LogP contribution in [0.25, 0.3) is 0 Å². The zero-order chi connectivity index (χ0) is 27.2. The molecule has 0 saturated heterocycles. The molecule has 5 aliphatic carbocycles. The Morgan fingerprint density at radius 3 is 2.30 bits per heavy atom. The van der Waals surface area contributed by atoms with Crippen LogP contribution in [0.3, 0.4) is 0 Å². The van der Waals surface area contributed by atoms with Gasteiger partial charge in [0, 0.05) is 11.5 Å². The maximum Gasteiger partial charge on any atom is 0.446 e. The predicted octanol–water partition coefficient (Wildman–Crippen LogP) is 6.35. The van der Waals surface area contributed by atoms with Gasteiger partial charge in [0.25, 0.3) is 0 Å². The van der Waals surface area contributed by atoms with E-state index in [1.54, 1.807) is 6.92 Å². The molecule has 2 spiro atoms. The Morgan fingerprint density at radius 1 is 1.00 bits per heavy atom. The highest BCUT2D eigenvalue weighted by molar-refractivity contribution is 7.81. The summed E-state index contributed by atoms with van der Waals surface area (Å²) in [5, 5.41) is 10.5. The van der Waals surface area contributed by atoms with Crippen molar-refractivity contribution in [2.24, 2.45) is 56.7 Å². The van der Waals surface area contributed by atoms with E-state index in [0.717, 1.165) is 38.0 Å². The van der Waals surface area contributed by atoms with Crippen molar-refractivity contribution in [2.75, 3.05) is 6.61 Å². The van der Waals surface area contributed by atoms with Gasteiger partial charge in [-0.25, -0.2) is 0 Å². The lowest BCUT2D eigenvalue weighted by molar-refractivity contribution is -0.155. The first-order valence-corrected chi connectivity index (χ1v) is 16.0. The van der Waals surface area contributed by atoms with E-state index in [-0.39, 0.29) is 40.3 Å². The van der Waals surface area contributed by atoms with Gasteiger partial charge in [0.05, 0.1) is 12.0 Å². The molecule has 5 rings (SSSR count). The summed E-state index contributed by atoms with van der Waals surface area (Å²) in [5.74, 6) is 2.29. The van der Waals surface area contributed by atoms with E-state index in [1.165, 1.54) is 38.2 Å². The number of ketones is 1. The van der Waals surface area contributed by atoms with Crippen molar-refractivity contribution >= 4 is 16.2 Å². The molecule has 0 radical (unpaired) electrons. The van der Waals surface area contributed by atoms with Crippen molar-refractivity contribution in [1.29, 1.82) is 0 Å². The highest BCUT2D eigenvalue weighted by Crippen LogP contribution is 2.88. The van der Waals surface area contributed by atoms with Gasteiger partial charge >= 0.3 is 10.4 Å². The number of aliphatic hydroxyl groups excluding tert-OH is 1. The Hall–Kier alpha value is -0.920. The number of hydrogen-bond donors (Lipinski definition) is 2. The number of fused-ring (bicyclic) bond motifs is 2. The smallest absolute Gasteiger partial charge is 0.395 e. The normalized spacial score (nSPS) is 47.4. The molecule has 0 aliphatic heterocycles. The molecule has 210 valence electrons. The van der Waals surface area contributed by atoms with Crippen LogP contribution in [-0.4, -0.2) is 30.5 Å². The van der Waals surface area contributed by atoms with Gasteiger partial charge in [-0.05, 0) is 97.7 Å². The van der Waals surface area contributed by atoms with Crippen molar-refractivity contribution in [3.63, 3.8) is 0 Å². The Morgan fingerprint density at radius 2 is 1.68 bits per heavy atom. The summed E-state index contributed by atoms with van der Waals surface area (Å²) in [6.07, 6.45) is 12.4. The van der Waals surface area contributed by atoms with Gasteiger partial charge in [0.15, 0.2) is 5.78 Å². The van der Waals surface area contributed by atoms with Crippen molar-refractivity contribution in [3.8, 4) is 0 Å². The standard InChI is InChI=1S/C30H48O6S/c1-19(2)8-7-9-20(3)21-12-13-28(6)23-11-10-22-26(4,18-31)25(36-37(33,34)35)16-24(32)30(22)17-29(23,30)15-14-27(21,28)5/h16,19-23,31H,7-15,17-18H2,1-6H3,(H,33,34,35)/t20-,21-,22+,23+,26+,27-,28+,29+,30-/m1/s1. The maximum atomic E-state index is 13.8. The SMILES string of the molecule is CC(C)CCC[C@@H](C)[C@H]1CC[C@@]2(C)[C@@H]3CC[C@@H]4[C@]5(C[C@@]35CC[C@]12C)C(=O)C=C(OS(=O)(=O)O)[C@@]4(C)CO. The summed E-state index contributed by atoms with van der Waals surface area (Å²) >= 11 is 0. The quantitative estimate of drug-likeness (QED) is 0.351. The minimum atomic E-state index is -4.78. The van der Waals surface area contributed by atoms with Crippen LogP contribution in [0.15, 0.2) is 11.8 Å². The number of allylic oxidation sites excluding steroid dienone is 1. The van der Waals surface area contributed by atoms with Gasteiger partial charge in [0.2, 0.25) is 0 Å². The molecular formula is C30H48O6S. The second-order valence-electron chi connectivity index (χ2n) is 14.7. The van der Waals surface area contributed by atoms with Gasteiger partial charge in [0.1, 0.15) is 5.76 Å². The second-order valence-corrected chi connectivity index (χ2v) is 15.8. The first-order valence-electron chi connectivity index (χ1n) is 14.7. The second kappa shape index (κ2) is 8.54. The van der Waals surface area contributed by atoms with E-state index in [2.05, 4.69) is 34.6 Å². The minimum absolute atomic E-state index is 0.0596. The number of rotatable bonds is 8. The summed E-state index contributed by atoms with van der Waals surface area (Å²) < 4.78 is 37.4. The van der Waals surface area contributed by atoms with E-state index < -0.39 is 21.2 Å². The topological polar surface area (TPSA) is 101 Å². The molecule has 0 aromatic rings. The highest BCUT2D eigenvalue weighted by Gasteiger charge is 2.85. The first kappa shape index (κ1) is 27.6. The molecular weight excluding hydrogens is 488 g/mol. The van der Waals surface area contributed by atoms with E-state index >= 15 is 0 Å². The third-order valence-electron chi connectivity index (χ3n) is 13.0. The first-order chi connectivity index (χ1) is 17.1. The van der Waals surface area contributed by atoms with Crippen LogP contribution in [0.4, 0.5) is 0 Å². The molecule has 0 aromatic carbocycles. The zero-order valence-electron chi connectivity index (χ0n) is 23.7. The van der Waals surface area contributed by atoms with Crippen LogP contribution >= 0.6 is 0 Å². The van der Waals surface area contributed by atoms with Crippen molar-refractivity contribution in [1.82, 2.24) is 0 Å². The number of hydrogen-bond acceptors (Lipinski definition) is 5. The lowest BCUT2D eigenvalue weighted by atomic mass is 9.42. The van der Waals surface area contributed by atoms with Crippen molar-refractivity contribution in [3.05, 3.63) is 11.8 Å². The zero-order valence-corrected chi connectivity index (χ0v) is 24.5. The Kier molecular flexibility index (Phi) is 6.38. The molecule has 0 unspecified atom stereocenters. The fraction of sp³-hybridized carbons (Fsp3) is 0.900. The number of aliphatic hydroxyl groups is 1. The molecule has 4 fully saturated rings. The van der Waals surface area contributed by atoms with Gasteiger partial charge in [-0.1, -0.05) is 53.9 Å². The van der Waals surface area contributed by atoms with E-state index in [4.69, 9.17) is 4.18 Å². The molecule has 6 nitrogen and oxygen atoms in total. The molecule has 4 saturated carbocycles. The van der Waals surface area contributed by atoms with Crippen LogP contribution in [0.1, 0.15) is 106 Å². The molecule has 37 heavy (non-hydrogen) atoms. The summed E-state index contributed by atoms with van der Waals surface area (Å²) in [5.41, 5.74) is -1.19. The van der Waals surface area contributed by atoms with Gasteiger partial charge in [-0.2, -0.15) is 8.42 Å². The van der Waals surface area contributed by atoms with Crippen LogP contribution in [0.5, 0.6) is 0 Å². The van der Waals surface area contributed by atoms with Gasteiger partial charge in [-0.15, -0.1) is 0 Å². The molecule has 0 heterocycles. The highest BCUT2D eigenvalue weighted by atomic mass is 32.3. The lowest BCUT2D eigenvalue weighted by Gasteiger charge is -2.62. The average molecular weight is 537 g/mol. The fourth-order valence-corrected chi connectivity index (χ4v) is 11.4. The molecule has 0 aromatic heterocycles. The van der Waals surface area contributed by atoms with Crippen LogP contribution in [0.2, 0.25) is 0 Å². The van der Waals surface area contributed by atoms with Gasteiger partial charge < -0.3 is 9.29 Å². The van der Waals surface area contributed by atoms with Crippen LogP contribution in [-0.2, 0) is 19.4 Å². The molecule has 0 amide bonds. The fourth-order valence-electron chi connectivity index (χ4n) is 11.0. The molecule has 0 bridgehead atoms. The van der Waals surface area contributed by atoms with E-state index in [1.807, 2.05) is 0 Å². The lowest BCUT2D eigenvalue weighted by Crippen LogP contribution is -2.58. The Bertz CT molecular complexity index is 1100. The summed E-state index contributed by atoms with van der Waals surface area (Å²) in [4.78, 5) is 13.8. The van der Waals surface area contributed by atoms with E-state index in [9.17, 15) is 22.9 Å². The van der Waals surface area contributed by atoms with Crippen LogP contribution < -0.4 is 0 Å². The largest absolute Gasteiger partial charge is 0.446 e. The third-order valence-corrected chi connectivity index (χ3v) is 13.4. The number of carbonyl (C=O) groups excluding carboxylic acids is 1. The monoisotopic (exact) mass is 536 g/mol. The van der Waals surface area contributed by atoms with Crippen molar-refractivity contribution < 1.29 is 27.1 Å². The maximum absolute atomic E-state index is 13.8. The molecule has 2 N–H and O–H groups in total. The van der Waals surface area contributed by atoms with Crippen LogP contribution in [0, 0.1) is 56.7 Å². The molecule has 5 aliphatic rings. The predicted molar refractivity (Wildman–Crippen MR) is 143 cm³/mol. The Labute approximate surface area is 224 Å². The Balaban J connectivity index is 1.46. The molecule has 7 heteroatoms. The molecule has 9 atom stereocenters. The minimum Gasteiger partial charge on any atom is -0.395 e. The van der Waals surface area contributed by atoms with E-state index in [0.29, 0.717) is 17.8 Å². The van der Waals surface area contributed by atoms with Gasteiger partial charge in [-0.3, -0.25) is 9.35 Å². The van der Waals surface area contributed by atoms with Crippen molar-refractivity contribution in [2.45, 2.75) is 106 Å². The number of carbonyl (C=O) groups is 1. The summed E-state index contributed by atoms with van der Waals surface area (Å²) in [6.45, 7) is 13.6. The summed E-state index contributed by atoms with van der Waals surface area (Å²) in [7, 11) is -4.78.